The summed E-state index contributed by atoms with van der Waals surface area (Å²) in [6, 6.07) is 1.77. The predicted molar refractivity (Wildman–Crippen MR) is 80.0 cm³/mol. The molecule has 0 aromatic carbocycles. The van der Waals surface area contributed by atoms with Gasteiger partial charge in [0.05, 0.1) is 5.75 Å². The molecule has 1 aromatic heterocycles. The molecule has 0 N–H and O–H groups in total. The van der Waals surface area contributed by atoms with Gasteiger partial charge in [0.2, 0.25) is 0 Å². The Hall–Kier alpha value is -1.10. The van der Waals surface area contributed by atoms with Crippen molar-refractivity contribution < 1.29 is 13.2 Å². The first-order chi connectivity index (χ1) is 9.00. The fraction of sp³-hybridized carbons (Fsp3) is 0.667. The van der Waals surface area contributed by atoms with Crippen LogP contribution in [0, 0.1) is 12.3 Å². The van der Waals surface area contributed by atoms with E-state index in [-0.39, 0.29) is 23.0 Å². The summed E-state index contributed by atoms with van der Waals surface area (Å²) in [6.07, 6.45) is 2.63. The van der Waals surface area contributed by atoms with Crippen molar-refractivity contribution in [2.45, 2.75) is 46.6 Å². The van der Waals surface area contributed by atoms with E-state index in [0.717, 1.165) is 23.4 Å². The van der Waals surface area contributed by atoms with E-state index in [9.17, 15) is 13.2 Å². The van der Waals surface area contributed by atoms with Gasteiger partial charge in [0.25, 0.3) is 0 Å². The number of carbonyl (C=O) groups excluding carboxylic acids is 1. The number of sulfone groups is 1. The standard InChI is InChI=1S/C15H23NO3S/c1-10-6-12-13(7-15(3,4)8-14(12)17)16(10)11(2)9-20(5,18)19/h6,11H,7-9H2,1-5H3. The molecule has 1 aliphatic rings. The van der Waals surface area contributed by atoms with E-state index in [4.69, 9.17) is 0 Å². The van der Waals surface area contributed by atoms with Crippen LogP contribution in [-0.2, 0) is 16.3 Å². The van der Waals surface area contributed by atoms with Gasteiger partial charge in [-0.1, -0.05) is 13.8 Å². The Morgan fingerprint density at radius 3 is 2.50 bits per heavy atom. The average Bonchev–Trinajstić information content (AvgIpc) is 2.50. The molecular formula is C15H23NO3S. The molecule has 0 saturated heterocycles. The third-order valence-corrected chi connectivity index (χ3v) is 4.99. The first-order valence-electron chi connectivity index (χ1n) is 6.92. The van der Waals surface area contributed by atoms with Crippen LogP contribution in [0.25, 0.3) is 0 Å². The Balaban J connectivity index is 2.49. The van der Waals surface area contributed by atoms with Crippen LogP contribution in [0.1, 0.15) is 55.0 Å². The molecule has 1 atom stereocenters. The number of fused-ring (bicyclic) bond motifs is 1. The molecule has 1 heterocycles. The molecule has 1 aromatic rings. The first kappa shape index (κ1) is 15.3. The van der Waals surface area contributed by atoms with Crippen LogP contribution < -0.4 is 0 Å². The smallest absolute Gasteiger partial charge is 0.165 e. The van der Waals surface area contributed by atoms with Crippen LogP contribution in [0.3, 0.4) is 0 Å². The van der Waals surface area contributed by atoms with Crippen molar-refractivity contribution >= 4 is 15.6 Å². The summed E-state index contributed by atoms with van der Waals surface area (Å²) in [7, 11) is -3.04. The number of aryl methyl sites for hydroxylation is 1. The molecular weight excluding hydrogens is 274 g/mol. The van der Waals surface area contributed by atoms with Crippen LogP contribution in [0.2, 0.25) is 0 Å². The normalized spacial score (nSPS) is 19.8. The van der Waals surface area contributed by atoms with Gasteiger partial charge in [0.15, 0.2) is 5.78 Å². The monoisotopic (exact) mass is 297 g/mol. The number of carbonyl (C=O) groups is 1. The Bertz CT molecular complexity index is 653. The van der Waals surface area contributed by atoms with Crippen molar-refractivity contribution in [2.75, 3.05) is 12.0 Å². The topological polar surface area (TPSA) is 56.1 Å². The zero-order valence-electron chi connectivity index (χ0n) is 12.9. The molecule has 112 valence electrons. The average molecular weight is 297 g/mol. The summed E-state index contributed by atoms with van der Waals surface area (Å²) < 4.78 is 25.1. The predicted octanol–water partition coefficient (Wildman–Crippen LogP) is 2.56. The quantitative estimate of drug-likeness (QED) is 0.861. The largest absolute Gasteiger partial charge is 0.344 e. The molecule has 4 nitrogen and oxygen atoms in total. The Labute approximate surface area is 121 Å². The summed E-state index contributed by atoms with van der Waals surface area (Å²) in [4.78, 5) is 12.2. The summed E-state index contributed by atoms with van der Waals surface area (Å²) in [5, 5.41) is 0. The number of Topliss-reactive ketones (excluding diaryl/α,β-unsaturated/α-hetero) is 1. The number of hydrogen-bond donors (Lipinski definition) is 0. The number of ketones is 1. The lowest BCUT2D eigenvalue weighted by atomic mass is 9.76. The second kappa shape index (κ2) is 4.72. The molecule has 1 aliphatic carbocycles. The number of aromatic nitrogens is 1. The van der Waals surface area contributed by atoms with E-state index in [1.54, 1.807) is 0 Å². The summed E-state index contributed by atoms with van der Waals surface area (Å²) in [5.41, 5.74) is 2.69. The maximum Gasteiger partial charge on any atom is 0.165 e. The molecule has 5 heteroatoms. The van der Waals surface area contributed by atoms with E-state index in [2.05, 4.69) is 13.8 Å². The van der Waals surface area contributed by atoms with Gasteiger partial charge in [-0.2, -0.15) is 0 Å². The summed E-state index contributed by atoms with van der Waals surface area (Å²) in [6.45, 7) is 8.02. The van der Waals surface area contributed by atoms with E-state index in [0.29, 0.717) is 6.42 Å². The van der Waals surface area contributed by atoms with Crippen molar-refractivity contribution in [3.05, 3.63) is 23.0 Å². The molecule has 0 radical (unpaired) electrons. The second-order valence-corrected chi connectivity index (χ2v) is 9.08. The zero-order valence-corrected chi connectivity index (χ0v) is 13.7. The molecule has 20 heavy (non-hydrogen) atoms. The van der Waals surface area contributed by atoms with Crippen LogP contribution in [0.5, 0.6) is 0 Å². The third-order valence-electron chi connectivity index (χ3n) is 3.91. The SMILES string of the molecule is Cc1cc2c(n1C(C)CS(C)(=O)=O)CC(C)(C)CC2=O. The second-order valence-electron chi connectivity index (χ2n) is 6.90. The van der Waals surface area contributed by atoms with Gasteiger partial charge >= 0.3 is 0 Å². The lowest BCUT2D eigenvalue weighted by Gasteiger charge is -2.31. The van der Waals surface area contributed by atoms with Crippen LogP contribution >= 0.6 is 0 Å². The fourth-order valence-electron chi connectivity index (χ4n) is 3.30. The Kier molecular flexibility index (Phi) is 3.61. The van der Waals surface area contributed by atoms with Crippen molar-refractivity contribution in [1.29, 1.82) is 0 Å². The molecule has 0 spiro atoms. The minimum absolute atomic E-state index is 0.0581. The van der Waals surface area contributed by atoms with Crippen LogP contribution in [-0.4, -0.2) is 30.8 Å². The lowest BCUT2D eigenvalue weighted by molar-refractivity contribution is 0.0909. The summed E-state index contributed by atoms with van der Waals surface area (Å²) in [5.74, 6) is 0.272. The van der Waals surface area contributed by atoms with Crippen molar-refractivity contribution in [1.82, 2.24) is 4.57 Å². The van der Waals surface area contributed by atoms with Gasteiger partial charge < -0.3 is 4.57 Å². The number of nitrogens with zero attached hydrogens (tertiary/aromatic N) is 1. The highest BCUT2D eigenvalue weighted by molar-refractivity contribution is 7.90. The highest BCUT2D eigenvalue weighted by atomic mass is 32.2. The highest BCUT2D eigenvalue weighted by Crippen LogP contribution is 2.37. The van der Waals surface area contributed by atoms with Crippen molar-refractivity contribution in [3.8, 4) is 0 Å². The highest BCUT2D eigenvalue weighted by Gasteiger charge is 2.34. The molecule has 0 saturated carbocycles. The zero-order chi connectivity index (χ0) is 15.3. The van der Waals surface area contributed by atoms with Gasteiger partial charge in [-0.3, -0.25) is 4.79 Å². The maximum atomic E-state index is 12.2. The third kappa shape index (κ3) is 2.97. The minimum Gasteiger partial charge on any atom is -0.344 e. The van der Waals surface area contributed by atoms with E-state index in [1.807, 2.05) is 24.5 Å². The summed E-state index contributed by atoms with van der Waals surface area (Å²) >= 11 is 0. The van der Waals surface area contributed by atoms with Crippen LogP contribution in [0.4, 0.5) is 0 Å². The Morgan fingerprint density at radius 2 is 1.95 bits per heavy atom. The van der Waals surface area contributed by atoms with Gasteiger partial charge in [-0.25, -0.2) is 8.42 Å². The van der Waals surface area contributed by atoms with E-state index >= 15 is 0 Å². The molecule has 0 aliphatic heterocycles. The van der Waals surface area contributed by atoms with E-state index < -0.39 is 9.84 Å². The first-order valence-corrected chi connectivity index (χ1v) is 8.98. The molecule has 1 unspecified atom stereocenters. The lowest BCUT2D eigenvalue weighted by Crippen LogP contribution is -2.29. The van der Waals surface area contributed by atoms with Gasteiger partial charge in [0.1, 0.15) is 9.84 Å². The van der Waals surface area contributed by atoms with Crippen molar-refractivity contribution in [2.24, 2.45) is 5.41 Å². The van der Waals surface area contributed by atoms with Gasteiger partial charge in [-0.15, -0.1) is 0 Å². The molecule has 0 fully saturated rings. The Morgan fingerprint density at radius 1 is 1.35 bits per heavy atom. The van der Waals surface area contributed by atoms with E-state index in [1.165, 1.54) is 6.26 Å². The van der Waals surface area contributed by atoms with Gasteiger partial charge in [-0.05, 0) is 31.7 Å². The molecule has 0 bridgehead atoms. The number of hydrogen-bond acceptors (Lipinski definition) is 3. The molecule has 2 rings (SSSR count). The fourth-order valence-corrected chi connectivity index (χ4v) is 4.32. The van der Waals surface area contributed by atoms with Crippen LogP contribution in [0.15, 0.2) is 6.07 Å². The van der Waals surface area contributed by atoms with Gasteiger partial charge in [0, 0.05) is 35.7 Å². The maximum absolute atomic E-state index is 12.2. The molecule has 0 amide bonds. The number of rotatable bonds is 3. The minimum atomic E-state index is -3.04. The van der Waals surface area contributed by atoms with Crippen molar-refractivity contribution in [3.63, 3.8) is 0 Å².